The maximum Gasteiger partial charge on any atom is 0.255 e. The second kappa shape index (κ2) is 6.13. The first-order valence-electron chi connectivity index (χ1n) is 7.17. The third-order valence-electron chi connectivity index (χ3n) is 4.04. The van der Waals surface area contributed by atoms with Crippen LogP contribution < -0.4 is 11.5 Å². The molecule has 1 amide bonds. The van der Waals surface area contributed by atoms with Crippen LogP contribution in [0.1, 0.15) is 30.1 Å². The van der Waals surface area contributed by atoms with Crippen molar-refractivity contribution < 1.29 is 4.79 Å². The van der Waals surface area contributed by atoms with Crippen LogP contribution in [0.4, 0.5) is 11.4 Å². The third kappa shape index (κ3) is 3.04. The van der Waals surface area contributed by atoms with Crippen molar-refractivity contribution in [2.24, 2.45) is 0 Å². The number of nitrogen functional groups attached to an aromatic ring is 2. The van der Waals surface area contributed by atoms with Crippen LogP contribution in [0.5, 0.6) is 0 Å². The third-order valence-corrected chi connectivity index (χ3v) is 4.04. The van der Waals surface area contributed by atoms with Crippen molar-refractivity contribution in [2.75, 3.05) is 38.1 Å². The smallest absolute Gasteiger partial charge is 0.255 e. The fourth-order valence-corrected chi connectivity index (χ4v) is 2.90. The lowest BCUT2D eigenvalue weighted by molar-refractivity contribution is 0.0755. The zero-order chi connectivity index (χ0) is 14.7. The van der Waals surface area contributed by atoms with Gasteiger partial charge in [-0.15, -0.1) is 0 Å². The number of carbonyl (C=O) groups excluding carboxylic acids is 1. The molecule has 1 unspecified atom stereocenters. The predicted octanol–water partition coefficient (Wildman–Crippen LogP) is 1.41. The number of benzene rings is 1. The molecule has 1 aromatic rings. The van der Waals surface area contributed by atoms with Gasteiger partial charge in [0.25, 0.3) is 5.91 Å². The Morgan fingerprint density at radius 1 is 1.45 bits per heavy atom. The highest BCUT2D eigenvalue weighted by molar-refractivity contribution is 5.99. The summed E-state index contributed by atoms with van der Waals surface area (Å²) in [7, 11) is 1.84. The number of hydrogen-bond donors (Lipinski definition) is 2. The molecule has 1 aliphatic heterocycles. The molecule has 0 aliphatic carbocycles. The number of hydrogen-bond acceptors (Lipinski definition) is 4. The molecule has 2 rings (SSSR count). The van der Waals surface area contributed by atoms with Crippen LogP contribution in [0.15, 0.2) is 18.2 Å². The van der Waals surface area contributed by atoms with Gasteiger partial charge >= 0.3 is 0 Å². The molecule has 1 aliphatic rings. The number of likely N-dealkylation sites (tertiary alicyclic amines) is 1. The van der Waals surface area contributed by atoms with E-state index in [9.17, 15) is 4.79 Å². The van der Waals surface area contributed by atoms with Crippen LogP contribution in [0.2, 0.25) is 0 Å². The molecule has 0 radical (unpaired) electrons. The van der Waals surface area contributed by atoms with E-state index in [1.807, 2.05) is 7.05 Å². The van der Waals surface area contributed by atoms with Gasteiger partial charge in [0.05, 0.1) is 5.56 Å². The van der Waals surface area contributed by atoms with E-state index < -0.39 is 0 Å². The van der Waals surface area contributed by atoms with Crippen LogP contribution in [0.25, 0.3) is 0 Å². The van der Waals surface area contributed by atoms with Crippen molar-refractivity contribution in [1.29, 1.82) is 0 Å². The Labute approximate surface area is 120 Å². The molecule has 5 nitrogen and oxygen atoms in total. The largest absolute Gasteiger partial charge is 0.399 e. The summed E-state index contributed by atoms with van der Waals surface area (Å²) in [6, 6.07) is 5.51. The average molecular weight is 276 g/mol. The Kier molecular flexibility index (Phi) is 4.49. The summed E-state index contributed by atoms with van der Waals surface area (Å²) >= 11 is 0. The number of anilines is 2. The molecule has 0 spiro atoms. The number of carbonyl (C=O) groups is 1. The van der Waals surface area contributed by atoms with Crippen molar-refractivity contribution in [3.63, 3.8) is 0 Å². The summed E-state index contributed by atoms with van der Waals surface area (Å²) in [6.07, 6.45) is 2.37. The van der Waals surface area contributed by atoms with Crippen molar-refractivity contribution >= 4 is 17.3 Å². The van der Waals surface area contributed by atoms with Gasteiger partial charge in [-0.25, -0.2) is 0 Å². The molecule has 1 atom stereocenters. The Balaban J connectivity index is 2.05. The van der Waals surface area contributed by atoms with Gasteiger partial charge in [0.2, 0.25) is 0 Å². The summed E-state index contributed by atoms with van der Waals surface area (Å²) in [6.45, 7) is 5.08. The van der Waals surface area contributed by atoms with E-state index in [0.29, 0.717) is 23.0 Å². The fraction of sp³-hybridized carbons (Fsp3) is 0.533. The molecule has 110 valence electrons. The van der Waals surface area contributed by atoms with Gasteiger partial charge in [0, 0.05) is 31.0 Å². The van der Waals surface area contributed by atoms with E-state index in [1.54, 1.807) is 23.1 Å². The highest BCUT2D eigenvalue weighted by atomic mass is 16.2. The summed E-state index contributed by atoms with van der Waals surface area (Å²) < 4.78 is 0. The first-order chi connectivity index (χ1) is 9.52. The van der Waals surface area contributed by atoms with Crippen molar-refractivity contribution in [3.8, 4) is 0 Å². The zero-order valence-electron chi connectivity index (χ0n) is 12.3. The minimum absolute atomic E-state index is 0.0366. The van der Waals surface area contributed by atoms with Crippen molar-refractivity contribution in [2.45, 2.75) is 25.8 Å². The molecule has 4 N–H and O–H groups in total. The van der Waals surface area contributed by atoms with Crippen LogP contribution >= 0.6 is 0 Å². The average Bonchev–Trinajstić information content (AvgIpc) is 2.85. The summed E-state index contributed by atoms with van der Waals surface area (Å²) in [5.74, 6) is -0.0366. The van der Waals surface area contributed by atoms with Gasteiger partial charge < -0.3 is 16.4 Å². The monoisotopic (exact) mass is 276 g/mol. The van der Waals surface area contributed by atoms with Crippen molar-refractivity contribution in [1.82, 2.24) is 9.80 Å². The standard InChI is InChI=1S/C15H24N4O/c1-3-19-8-4-5-12(19)10-18(2)15(20)13-7-6-11(16)9-14(13)17/h6-7,9,12H,3-5,8,10,16-17H2,1-2H3. The molecule has 1 heterocycles. The number of likely N-dealkylation sites (N-methyl/N-ethyl adjacent to an activating group) is 2. The second-order valence-electron chi connectivity index (χ2n) is 5.46. The Bertz CT molecular complexity index is 489. The lowest BCUT2D eigenvalue weighted by atomic mass is 10.1. The van der Waals surface area contributed by atoms with E-state index in [0.717, 1.165) is 26.1 Å². The van der Waals surface area contributed by atoms with E-state index in [-0.39, 0.29) is 5.91 Å². The zero-order valence-corrected chi connectivity index (χ0v) is 12.3. The number of nitrogens with two attached hydrogens (primary N) is 2. The minimum Gasteiger partial charge on any atom is -0.399 e. The Hall–Kier alpha value is -1.75. The first-order valence-corrected chi connectivity index (χ1v) is 7.17. The molecule has 1 saturated heterocycles. The normalized spacial score (nSPS) is 19.2. The van der Waals surface area contributed by atoms with Gasteiger partial charge in [-0.3, -0.25) is 9.69 Å². The molecule has 20 heavy (non-hydrogen) atoms. The Morgan fingerprint density at radius 2 is 2.20 bits per heavy atom. The SMILES string of the molecule is CCN1CCCC1CN(C)C(=O)c1ccc(N)cc1N. The molecular formula is C15H24N4O. The topological polar surface area (TPSA) is 75.6 Å². The van der Waals surface area contributed by atoms with E-state index >= 15 is 0 Å². The fourth-order valence-electron chi connectivity index (χ4n) is 2.90. The summed E-state index contributed by atoms with van der Waals surface area (Å²) in [4.78, 5) is 16.6. The molecule has 5 heteroatoms. The van der Waals surface area contributed by atoms with Crippen LogP contribution in [-0.4, -0.2) is 48.4 Å². The Morgan fingerprint density at radius 3 is 2.85 bits per heavy atom. The lowest BCUT2D eigenvalue weighted by Gasteiger charge is -2.28. The predicted molar refractivity (Wildman–Crippen MR) is 82.5 cm³/mol. The molecule has 0 aromatic heterocycles. The van der Waals surface area contributed by atoms with E-state index in [4.69, 9.17) is 11.5 Å². The highest BCUT2D eigenvalue weighted by Crippen LogP contribution is 2.20. The molecule has 0 bridgehead atoms. The number of amides is 1. The van der Waals surface area contributed by atoms with Crippen LogP contribution in [0, 0.1) is 0 Å². The van der Waals surface area contributed by atoms with Crippen LogP contribution in [0.3, 0.4) is 0 Å². The quantitative estimate of drug-likeness (QED) is 0.815. The highest BCUT2D eigenvalue weighted by Gasteiger charge is 2.26. The summed E-state index contributed by atoms with van der Waals surface area (Å²) in [5.41, 5.74) is 13.1. The van der Waals surface area contributed by atoms with Gasteiger partial charge in [0.1, 0.15) is 0 Å². The molecular weight excluding hydrogens is 252 g/mol. The van der Waals surface area contributed by atoms with Gasteiger partial charge in [-0.1, -0.05) is 6.92 Å². The van der Waals surface area contributed by atoms with Crippen LogP contribution in [-0.2, 0) is 0 Å². The first kappa shape index (κ1) is 14.7. The van der Waals surface area contributed by atoms with E-state index in [2.05, 4.69) is 11.8 Å². The number of rotatable bonds is 4. The molecule has 1 fully saturated rings. The van der Waals surface area contributed by atoms with Gasteiger partial charge in [-0.05, 0) is 44.1 Å². The summed E-state index contributed by atoms with van der Waals surface area (Å²) in [5, 5.41) is 0. The number of nitrogens with zero attached hydrogens (tertiary/aromatic N) is 2. The van der Waals surface area contributed by atoms with E-state index in [1.165, 1.54) is 6.42 Å². The maximum atomic E-state index is 12.4. The van der Waals surface area contributed by atoms with Gasteiger partial charge in [-0.2, -0.15) is 0 Å². The van der Waals surface area contributed by atoms with Gasteiger partial charge in [0.15, 0.2) is 0 Å². The second-order valence-corrected chi connectivity index (χ2v) is 5.46. The molecule has 0 saturated carbocycles. The lowest BCUT2D eigenvalue weighted by Crippen LogP contribution is -2.41. The maximum absolute atomic E-state index is 12.4. The minimum atomic E-state index is -0.0366. The molecule has 1 aromatic carbocycles. The van der Waals surface area contributed by atoms with Crippen molar-refractivity contribution in [3.05, 3.63) is 23.8 Å².